The van der Waals surface area contributed by atoms with Crippen LogP contribution in [0.1, 0.15) is 5.82 Å². The van der Waals surface area contributed by atoms with Gasteiger partial charge in [0.15, 0.2) is 0 Å². The molecule has 2 heterocycles. The molecule has 58 valence electrons. The van der Waals surface area contributed by atoms with Gasteiger partial charge >= 0.3 is 0 Å². The summed E-state index contributed by atoms with van der Waals surface area (Å²) in [5, 5.41) is 8.65. The molecule has 0 aromatic carbocycles. The third-order valence-corrected chi connectivity index (χ3v) is 2.09. The van der Waals surface area contributed by atoms with Gasteiger partial charge in [-0.1, -0.05) is 15.9 Å². The van der Waals surface area contributed by atoms with Crippen molar-refractivity contribution >= 4 is 21.4 Å². The highest BCUT2D eigenvalue weighted by atomic mass is 79.9. The Bertz CT molecular complexity index is 467. The van der Waals surface area contributed by atoms with Gasteiger partial charge in [0.05, 0.1) is 11.7 Å². The molecule has 0 N–H and O–H groups in total. The summed E-state index contributed by atoms with van der Waals surface area (Å²) < 4.78 is 2.73. The van der Waals surface area contributed by atoms with Crippen molar-refractivity contribution in [3.63, 3.8) is 0 Å². The molecule has 4 heteroatoms. The highest BCUT2D eigenvalue weighted by Gasteiger charge is 2.00. The molecule has 0 aliphatic heterocycles. The quantitative estimate of drug-likeness (QED) is 0.683. The van der Waals surface area contributed by atoms with Crippen LogP contribution >= 0.6 is 15.9 Å². The lowest BCUT2D eigenvalue weighted by molar-refractivity contribution is 1.10. The Labute approximate surface area is 77.4 Å². The zero-order valence-electron chi connectivity index (χ0n) is 6.03. The van der Waals surface area contributed by atoms with Gasteiger partial charge < -0.3 is 0 Å². The Morgan fingerprint density at radius 3 is 3.17 bits per heavy atom. The number of halogens is 1. The van der Waals surface area contributed by atoms with Gasteiger partial charge in [0.1, 0.15) is 6.07 Å². The molecule has 0 unspecified atom stereocenters. The lowest BCUT2D eigenvalue weighted by Gasteiger charge is -1.93. The van der Waals surface area contributed by atoms with Crippen molar-refractivity contribution in [2.24, 2.45) is 0 Å². The van der Waals surface area contributed by atoms with E-state index in [1.165, 1.54) is 0 Å². The second kappa shape index (κ2) is 2.61. The summed E-state index contributed by atoms with van der Waals surface area (Å²) in [6.45, 7) is 0. The first-order valence-corrected chi connectivity index (χ1v) is 4.13. The van der Waals surface area contributed by atoms with E-state index in [0.29, 0.717) is 5.82 Å². The molecule has 0 fully saturated rings. The van der Waals surface area contributed by atoms with Crippen LogP contribution in [0.3, 0.4) is 0 Å². The van der Waals surface area contributed by atoms with Crippen molar-refractivity contribution in [3.8, 4) is 6.07 Å². The lowest BCUT2D eigenvalue weighted by Crippen LogP contribution is -1.87. The summed E-state index contributed by atoms with van der Waals surface area (Å²) in [7, 11) is 0. The van der Waals surface area contributed by atoms with Gasteiger partial charge in [0.2, 0.25) is 5.82 Å². The summed E-state index contributed by atoms with van der Waals surface area (Å²) in [5.41, 5.74) is 0.918. The van der Waals surface area contributed by atoms with Gasteiger partial charge in [-0.25, -0.2) is 4.98 Å². The summed E-state index contributed by atoms with van der Waals surface area (Å²) in [5.74, 6) is 0.414. The zero-order chi connectivity index (χ0) is 8.55. The maximum absolute atomic E-state index is 8.65. The fourth-order valence-corrected chi connectivity index (χ4v) is 1.41. The summed E-state index contributed by atoms with van der Waals surface area (Å²) in [6.07, 6.45) is 3.48. The molecule has 0 radical (unpaired) electrons. The van der Waals surface area contributed by atoms with Crippen LogP contribution in [0.15, 0.2) is 29.0 Å². The highest BCUT2D eigenvalue weighted by Crippen LogP contribution is 2.13. The van der Waals surface area contributed by atoms with Crippen LogP contribution in [0.2, 0.25) is 0 Å². The number of hydrogen-bond acceptors (Lipinski definition) is 2. The van der Waals surface area contributed by atoms with Crippen LogP contribution in [0.4, 0.5) is 0 Å². The largest absolute Gasteiger partial charge is 0.291 e. The molecule has 0 saturated heterocycles. The molecule has 0 aliphatic carbocycles. The van der Waals surface area contributed by atoms with Gasteiger partial charge in [-0.15, -0.1) is 0 Å². The smallest absolute Gasteiger partial charge is 0.217 e. The van der Waals surface area contributed by atoms with E-state index in [9.17, 15) is 0 Å². The van der Waals surface area contributed by atoms with Crippen LogP contribution in [-0.2, 0) is 0 Å². The molecule has 0 bridgehead atoms. The Morgan fingerprint density at radius 2 is 2.42 bits per heavy atom. The van der Waals surface area contributed by atoms with Crippen molar-refractivity contribution in [2.75, 3.05) is 0 Å². The number of fused-ring (bicyclic) bond motifs is 1. The fourth-order valence-electron chi connectivity index (χ4n) is 1.06. The molecule has 0 spiro atoms. The molecule has 2 aromatic rings. The predicted octanol–water partition coefficient (Wildman–Crippen LogP) is 1.97. The van der Waals surface area contributed by atoms with Crippen LogP contribution in [-0.4, -0.2) is 9.38 Å². The molecule has 2 rings (SSSR count). The SMILES string of the molecule is N#Cc1ncc2cc(Br)ccn12. The minimum Gasteiger partial charge on any atom is -0.291 e. The fraction of sp³-hybridized carbons (Fsp3) is 0. The van der Waals surface area contributed by atoms with Crippen molar-refractivity contribution in [2.45, 2.75) is 0 Å². The second-order valence-electron chi connectivity index (χ2n) is 2.33. The van der Waals surface area contributed by atoms with E-state index in [1.54, 1.807) is 10.6 Å². The average Bonchev–Trinajstić information content (AvgIpc) is 2.46. The first-order valence-electron chi connectivity index (χ1n) is 3.34. The maximum Gasteiger partial charge on any atom is 0.217 e. The van der Waals surface area contributed by atoms with Crippen molar-refractivity contribution in [1.29, 1.82) is 5.26 Å². The minimum atomic E-state index is 0.414. The first-order chi connectivity index (χ1) is 5.81. The Kier molecular flexibility index (Phi) is 1.59. The van der Waals surface area contributed by atoms with Crippen LogP contribution in [0.25, 0.3) is 5.52 Å². The number of nitrogens with zero attached hydrogens (tertiary/aromatic N) is 3. The van der Waals surface area contributed by atoms with Crippen molar-refractivity contribution in [1.82, 2.24) is 9.38 Å². The number of nitriles is 1. The second-order valence-corrected chi connectivity index (χ2v) is 3.25. The lowest BCUT2D eigenvalue weighted by atomic mass is 10.4. The first kappa shape index (κ1) is 7.32. The molecular weight excluding hydrogens is 218 g/mol. The van der Waals surface area contributed by atoms with E-state index in [-0.39, 0.29) is 0 Å². The van der Waals surface area contributed by atoms with Crippen LogP contribution < -0.4 is 0 Å². The molecule has 2 aromatic heterocycles. The molecule has 12 heavy (non-hydrogen) atoms. The summed E-state index contributed by atoms with van der Waals surface area (Å²) in [4.78, 5) is 3.94. The Morgan fingerprint density at radius 1 is 1.58 bits per heavy atom. The molecule has 3 nitrogen and oxygen atoms in total. The van der Waals surface area contributed by atoms with Gasteiger partial charge in [0, 0.05) is 10.7 Å². The molecule has 0 amide bonds. The normalized spacial score (nSPS) is 10.0. The van der Waals surface area contributed by atoms with Crippen LogP contribution in [0.5, 0.6) is 0 Å². The Balaban J connectivity index is 2.84. The number of rotatable bonds is 0. The molecule has 0 saturated carbocycles. The minimum absolute atomic E-state index is 0.414. The standard InChI is InChI=1S/C8H4BrN3/c9-6-1-2-12-7(3-6)5-11-8(12)4-10/h1-3,5H. The maximum atomic E-state index is 8.65. The monoisotopic (exact) mass is 221 g/mol. The van der Waals surface area contributed by atoms with Gasteiger partial charge in [-0.3, -0.25) is 4.40 Å². The number of aromatic nitrogens is 2. The topological polar surface area (TPSA) is 41.1 Å². The van der Waals surface area contributed by atoms with E-state index in [0.717, 1.165) is 9.99 Å². The number of hydrogen-bond donors (Lipinski definition) is 0. The molecular formula is C8H4BrN3. The summed E-state index contributed by atoms with van der Waals surface area (Å²) >= 11 is 3.34. The predicted molar refractivity (Wildman–Crippen MR) is 47.6 cm³/mol. The third-order valence-electron chi connectivity index (χ3n) is 1.59. The molecule has 0 atom stereocenters. The van der Waals surface area contributed by atoms with E-state index >= 15 is 0 Å². The van der Waals surface area contributed by atoms with Crippen molar-refractivity contribution < 1.29 is 0 Å². The van der Waals surface area contributed by atoms with Crippen LogP contribution in [0, 0.1) is 11.3 Å². The van der Waals surface area contributed by atoms with Gasteiger partial charge in [-0.05, 0) is 12.1 Å². The van der Waals surface area contributed by atoms with Gasteiger partial charge in [-0.2, -0.15) is 5.26 Å². The number of imidazole rings is 1. The van der Waals surface area contributed by atoms with Gasteiger partial charge in [0.25, 0.3) is 0 Å². The molecule has 0 aliphatic rings. The van der Waals surface area contributed by atoms with E-state index in [2.05, 4.69) is 20.9 Å². The third kappa shape index (κ3) is 0.990. The Hall–Kier alpha value is -1.34. The average molecular weight is 222 g/mol. The van der Waals surface area contributed by atoms with E-state index in [1.807, 2.05) is 24.4 Å². The van der Waals surface area contributed by atoms with E-state index < -0.39 is 0 Å². The summed E-state index contributed by atoms with van der Waals surface area (Å²) in [6, 6.07) is 5.79. The van der Waals surface area contributed by atoms with Crippen molar-refractivity contribution in [3.05, 3.63) is 34.8 Å². The van der Waals surface area contributed by atoms with E-state index in [4.69, 9.17) is 5.26 Å². The highest BCUT2D eigenvalue weighted by molar-refractivity contribution is 9.10. The number of pyridine rings is 1. The zero-order valence-corrected chi connectivity index (χ0v) is 7.62.